The zero-order valence-corrected chi connectivity index (χ0v) is 21.2. The van der Waals surface area contributed by atoms with Crippen LogP contribution in [0.15, 0.2) is 43.1 Å². The van der Waals surface area contributed by atoms with Crippen LogP contribution in [-0.2, 0) is 11.2 Å². The Bertz CT molecular complexity index is 1300. The molecule has 0 saturated carbocycles. The molecule has 1 N–H and O–H groups in total. The lowest BCUT2D eigenvalue weighted by molar-refractivity contribution is -0.114. The number of halogens is 3. The first-order chi connectivity index (χ1) is 16.7. The van der Waals surface area contributed by atoms with Gasteiger partial charge in [-0.15, -0.1) is 0 Å². The van der Waals surface area contributed by atoms with Crippen molar-refractivity contribution in [3.05, 3.63) is 81.1 Å². The van der Waals surface area contributed by atoms with E-state index < -0.39 is 5.83 Å². The van der Waals surface area contributed by atoms with Crippen molar-refractivity contribution in [3.8, 4) is 11.5 Å². The van der Waals surface area contributed by atoms with Crippen LogP contribution in [0.4, 0.5) is 16.0 Å². The van der Waals surface area contributed by atoms with Gasteiger partial charge in [-0.25, -0.2) is 14.4 Å². The molecule has 6 nitrogen and oxygen atoms in total. The first kappa shape index (κ1) is 26.2. The van der Waals surface area contributed by atoms with Crippen LogP contribution in [-0.4, -0.2) is 30.0 Å². The first-order valence-electron chi connectivity index (χ1n) is 10.5. The number of nitrogens with zero attached hydrogens (tertiary/aromatic N) is 2. The lowest BCUT2D eigenvalue weighted by Gasteiger charge is -2.14. The van der Waals surface area contributed by atoms with Gasteiger partial charge in [-0.2, -0.15) is 0 Å². The van der Waals surface area contributed by atoms with Crippen molar-refractivity contribution in [3.63, 3.8) is 0 Å². The van der Waals surface area contributed by atoms with Gasteiger partial charge in [0.15, 0.2) is 5.78 Å². The number of hydrogen-bond acceptors (Lipinski definition) is 6. The van der Waals surface area contributed by atoms with Gasteiger partial charge in [0.1, 0.15) is 17.3 Å². The summed E-state index contributed by atoms with van der Waals surface area (Å²) in [7, 11) is 2.88. The molecular weight excluding hydrogens is 492 g/mol. The molecule has 0 aliphatic carbocycles. The Labute approximate surface area is 213 Å². The number of benzene rings is 2. The van der Waals surface area contributed by atoms with E-state index in [9.17, 15) is 4.79 Å². The van der Waals surface area contributed by atoms with Crippen molar-refractivity contribution >= 4 is 52.5 Å². The highest BCUT2D eigenvalue weighted by molar-refractivity contribution is 6.39. The van der Waals surface area contributed by atoms with Gasteiger partial charge in [0.2, 0.25) is 5.95 Å². The molecule has 3 rings (SSSR count). The summed E-state index contributed by atoms with van der Waals surface area (Å²) in [5.74, 6) is 0.109. The number of methoxy groups -OCH3 is 2. The van der Waals surface area contributed by atoms with Crippen molar-refractivity contribution in [1.29, 1.82) is 0 Å². The summed E-state index contributed by atoms with van der Waals surface area (Å²) >= 11 is 12.7. The average molecular weight is 516 g/mol. The molecule has 0 atom stereocenters. The van der Waals surface area contributed by atoms with E-state index in [-0.39, 0.29) is 39.3 Å². The van der Waals surface area contributed by atoms with Gasteiger partial charge in [-0.3, -0.25) is 4.79 Å². The van der Waals surface area contributed by atoms with Crippen LogP contribution in [0.2, 0.25) is 10.0 Å². The highest BCUT2D eigenvalue weighted by Gasteiger charge is 2.18. The first-order valence-corrected chi connectivity index (χ1v) is 11.3. The molecule has 0 aliphatic rings. The van der Waals surface area contributed by atoms with Gasteiger partial charge in [0.25, 0.3) is 0 Å². The number of carbonyl (C=O) groups excluding carboxylic acids is 1. The normalized spacial score (nSPS) is 11.2. The third-order valence-corrected chi connectivity index (χ3v) is 6.08. The van der Waals surface area contributed by atoms with Crippen LogP contribution in [0.5, 0.6) is 11.5 Å². The highest BCUT2D eigenvalue weighted by Crippen LogP contribution is 2.42. The Morgan fingerprint density at radius 2 is 1.83 bits per heavy atom. The molecule has 3 aromatic rings. The molecule has 0 aliphatic heterocycles. The van der Waals surface area contributed by atoms with Gasteiger partial charge >= 0.3 is 0 Å². The van der Waals surface area contributed by atoms with E-state index in [0.717, 1.165) is 11.1 Å². The summed E-state index contributed by atoms with van der Waals surface area (Å²) in [5.41, 5.74) is 3.16. The summed E-state index contributed by atoms with van der Waals surface area (Å²) in [5, 5.41) is 3.44. The summed E-state index contributed by atoms with van der Waals surface area (Å²) in [4.78, 5) is 20.6. The smallest absolute Gasteiger partial charge is 0.227 e. The number of para-hydroxylation sites is 1. The highest BCUT2D eigenvalue weighted by atomic mass is 35.5. The van der Waals surface area contributed by atoms with E-state index in [4.69, 9.17) is 32.7 Å². The van der Waals surface area contributed by atoms with Gasteiger partial charge in [0.05, 0.1) is 35.5 Å². The van der Waals surface area contributed by atoms with Crippen LogP contribution in [0.3, 0.4) is 0 Å². The number of aryl methyl sites for hydroxylation is 2. The molecular formula is C26H24Cl2FN3O3. The van der Waals surface area contributed by atoms with Crippen molar-refractivity contribution in [1.82, 2.24) is 9.97 Å². The van der Waals surface area contributed by atoms with Crippen molar-refractivity contribution in [2.24, 2.45) is 0 Å². The van der Waals surface area contributed by atoms with E-state index in [2.05, 4.69) is 21.9 Å². The fourth-order valence-corrected chi connectivity index (χ4v) is 4.03. The number of aromatic nitrogens is 2. The summed E-state index contributed by atoms with van der Waals surface area (Å²) in [6.45, 7) is 7.09. The lowest BCUT2D eigenvalue weighted by atomic mass is 10.0. The second-order valence-electron chi connectivity index (χ2n) is 7.59. The van der Waals surface area contributed by atoms with E-state index >= 15 is 4.39 Å². The minimum absolute atomic E-state index is 0.107. The maximum absolute atomic E-state index is 15.3. The summed E-state index contributed by atoms with van der Waals surface area (Å²) in [6, 6.07) is 7.14. The van der Waals surface area contributed by atoms with Crippen LogP contribution < -0.4 is 14.8 Å². The zero-order chi connectivity index (χ0) is 25.7. The SMILES string of the molecule is C=CC(=O)Cc1cccc(C)c1Nc1ncc(/C(F)=C/c2c(Cl)c(OC)cc(OC)c2Cl)c(C)n1. The van der Waals surface area contributed by atoms with Gasteiger partial charge in [-0.05, 0) is 37.1 Å². The summed E-state index contributed by atoms with van der Waals surface area (Å²) < 4.78 is 25.8. The molecule has 35 heavy (non-hydrogen) atoms. The maximum atomic E-state index is 15.3. The number of carbonyl (C=O) groups is 1. The number of ketones is 1. The van der Waals surface area contributed by atoms with Gasteiger partial charge < -0.3 is 14.8 Å². The zero-order valence-electron chi connectivity index (χ0n) is 19.7. The van der Waals surface area contributed by atoms with Crippen LogP contribution >= 0.6 is 23.2 Å². The van der Waals surface area contributed by atoms with Crippen molar-refractivity contribution in [2.75, 3.05) is 19.5 Å². The number of allylic oxidation sites excluding steroid dienone is 1. The fraction of sp³-hybridized carbons (Fsp3) is 0.192. The minimum Gasteiger partial charge on any atom is -0.495 e. The van der Waals surface area contributed by atoms with Crippen molar-refractivity contribution in [2.45, 2.75) is 20.3 Å². The van der Waals surface area contributed by atoms with E-state index in [0.29, 0.717) is 22.9 Å². The van der Waals surface area contributed by atoms with E-state index in [1.54, 1.807) is 6.92 Å². The largest absolute Gasteiger partial charge is 0.495 e. The second-order valence-corrected chi connectivity index (χ2v) is 8.34. The predicted octanol–water partition coefficient (Wildman–Crippen LogP) is 6.93. The summed E-state index contributed by atoms with van der Waals surface area (Å²) in [6.07, 6.45) is 4.03. The topological polar surface area (TPSA) is 73.3 Å². The molecule has 0 fully saturated rings. The fourth-order valence-electron chi connectivity index (χ4n) is 3.42. The van der Waals surface area contributed by atoms with Crippen molar-refractivity contribution < 1.29 is 18.7 Å². The van der Waals surface area contributed by atoms with Crippen LogP contribution in [0.25, 0.3) is 11.9 Å². The minimum atomic E-state index is -0.638. The molecule has 0 unspecified atom stereocenters. The quantitative estimate of drug-likeness (QED) is 0.311. The number of ether oxygens (including phenoxy) is 2. The Kier molecular flexibility index (Phi) is 8.48. The average Bonchev–Trinajstić information content (AvgIpc) is 2.84. The van der Waals surface area contributed by atoms with E-state index in [1.807, 2.05) is 25.1 Å². The molecule has 2 aromatic carbocycles. The van der Waals surface area contributed by atoms with Gasteiger partial charge in [-0.1, -0.05) is 48.0 Å². The molecule has 0 saturated heterocycles. The number of rotatable bonds is 9. The number of anilines is 2. The number of nitrogens with one attached hydrogen (secondary N) is 1. The Hall–Kier alpha value is -3.42. The predicted molar refractivity (Wildman–Crippen MR) is 139 cm³/mol. The maximum Gasteiger partial charge on any atom is 0.227 e. The van der Waals surface area contributed by atoms with Crippen LogP contribution in [0, 0.1) is 13.8 Å². The Morgan fingerprint density at radius 3 is 2.40 bits per heavy atom. The third kappa shape index (κ3) is 5.81. The molecule has 182 valence electrons. The molecule has 0 spiro atoms. The Balaban J connectivity index is 1.96. The molecule has 1 heterocycles. The van der Waals surface area contributed by atoms with E-state index in [1.165, 1.54) is 38.6 Å². The molecule has 0 amide bonds. The molecule has 1 aromatic heterocycles. The third-order valence-electron chi connectivity index (χ3n) is 5.30. The molecule has 0 radical (unpaired) electrons. The van der Waals surface area contributed by atoms with Crippen LogP contribution in [0.1, 0.15) is 27.9 Å². The monoisotopic (exact) mass is 515 g/mol. The lowest BCUT2D eigenvalue weighted by Crippen LogP contribution is -2.07. The molecule has 0 bridgehead atoms. The standard InChI is InChI=1S/C26H24Cl2FN3O3/c1-6-17(33)10-16-9-7-8-14(2)25(16)32-26-30-13-19(15(3)31-26)20(29)11-18-23(27)21(34-4)12-22(35-5)24(18)28/h6-9,11-13H,1,10H2,2-5H3,(H,30,31,32)/b20-11-. The number of hydrogen-bond donors (Lipinski definition) is 1. The molecule has 9 heteroatoms. The van der Waals surface area contributed by atoms with Gasteiger partial charge in [0, 0.05) is 29.9 Å². The second kappa shape index (κ2) is 11.3. The Morgan fingerprint density at radius 1 is 1.17 bits per heavy atom.